The average Bonchev–Trinajstić information content (AvgIpc) is 3.19. The number of hydrogen-bond acceptors (Lipinski definition) is 5. The summed E-state index contributed by atoms with van der Waals surface area (Å²) in [5, 5.41) is 17.0. The van der Waals surface area contributed by atoms with Crippen molar-refractivity contribution < 1.29 is 0 Å². The molecule has 0 fully saturated rings. The van der Waals surface area contributed by atoms with E-state index in [2.05, 4.69) is 21.4 Å². The number of nitrogens with zero attached hydrogens (tertiary/aromatic N) is 3. The average molecular weight is 389 g/mol. The van der Waals surface area contributed by atoms with Crippen molar-refractivity contribution in [1.29, 1.82) is 5.26 Å². The largest absolute Gasteiger partial charge is 0.360 e. The van der Waals surface area contributed by atoms with E-state index in [1.165, 1.54) is 11.3 Å². The zero-order chi connectivity index (χ0) is 18.6. The van der Waals surface area contributed by atoms with Crippen molar-refractivity contribution in [2.45, 2.75) is 0 Å². The van der Waals surface area contributed by atoms with Gasteiger partial charge in [0.15, 0.2) is 0 Å². The van der Waals surface area contributed by atoms with Crippen molar-refractivity contribution in [1.82, 2.24) is 9.97 Å². The van der Waals surface area contributed by atoms with Gasteiger partial charge in [0, 0.05) is 39.4 Å². The lowest BCUT2D eigenvalue weighted by molar-refractivity contribution is 1.36. The smallest absolute Gasteiger partial charge is 0.136 e. The van der Waals surface area contributed by atoms with Gasteiger partial charge in [0.1, 0.15) is 16.6 Å². The van der Waals surface area contributed by atoms with Crippen molar-refractivity contribution >= 4 is 45.1 Å². The minimum atomic E-state index is 0.478. The third-order valence-electron chi connectivity index (χ3n) is 3.98. The van der Waals surface area contributed by atoms with Gasteiger partial charge in [-0.3, -0.25) is 4.98 Å². The molecule has 0 aliphatic heterocycles. The van der Waals surface area contributed by atoms with Gasteiger partial charge >= 0.3 is 0 Å². The molecule has 0 unspecified atom stereocenters. The first kappa shape index (κ1) is 17.2. The number of pyridine rings is 1. The molecule has 1 N–H and O–H groups in total. The van der Waals surface area contributed by atoms with Crippen LogP contribution in [-0.4, -0.2) is 9.97 Å². The Balaban J connectivity index is 1.58. The predicted molar refractivity (Wildman–Crippen MR) is 112 cm³/mol. The third kappa shape index (κ3) is 3.82. The molecule has 0 saturated heterocycles. The normalized spacial score (nSPS) is 11.3. The van der Waals surface area contributed by atoms with Crippen LogP contribution in [0.4, 0.5) is 5.69 Å². The molecule has 2 aromatic carbocycles. The van der Waals surface area contributed by atoms with Gasteiger partial charge in [-0.1, -0.05) is 29.8 Å². The van der Waals surface area contributed by atoms with E-state index in [0.717, 1.165) is 27.8 Å². The van der Waals surface area contributed by atoms with E-state index in [-0.39, 0.29) is 0 Å². The van der Waals surface area contributed by atoms with E-state index in [1.54, 1.807) is 12.4 Å². The standard InChI is InChI=1S/C21H13ClN4S/c22-17-5-3-14(4-6-17)20-13-27-21(26-20)16(11-23)12-25-18-7-8-19-15(10-18)2-1-9-24-19/h1-10,12-13,25H. The van der Waals surface area contributed by atoms with Crippen molar-refractivity contribution in [3.05, 3.63) is 82.4 Å². The molecule has 0 amide bonds. The lowest BCUT2D eigenvalue weighted by atomic mass is 10.2. The molecular formula is C21H13ClN4S. The third-order valence-corrected chi connectivity index (χ3v) is 5.11. The molecule has 0 aliphatic rings. The van der Waals surface area contributed by atoms with E-state index in [1.807, 2.05) is 60.0 Å². The highest BCUT2D eigenvalue weighted by Crippen LogP contribution is 2.27. The van der Waals surface area contributed by atoms with E-state index in [4.69, 9.17) is 11.6 Å². The van der Waals surface area contributed by atoms with Gasteiger partial charge in [-0.05, 0) is 36.4 Å². The van der Waals surface area contributed by atoms with E-state index in [9.17, 15) is 5.26 Å². The molecule has 27 heavy (non-hydrogen) atoms. The Morgan fingerprint density at radius 1 is 1.15 bits per heavy atom. The minimum Gasteiger partial charge on any atom is -0.360 e. The summed E-state index contributed by atoms with van der Waals surface area (Å²) in [6, 6.07) is 19.5. The molecule has 0 atom stereocenters. The number of fused-ring (bicyclic) bond motifs is 1. The topological polar surface area (TPSA) is 61.6 Å². The van der Waals surface area contributed by atoms with Gasteiger partial charge in [0.05, 0.1) is 11.2 Å². The quantitative estimate of drug-likeness (QED) is 0.436. The predicted octanol–water partition coefficient (Wildman–Crippen LogP) is 5.99. The van der Waals surface area contributed by atoms with Gasteiger partial charge in [-0.15, -0.1) is 11.3 Å². The fraction of sp³-hybridized carbons (Fsp3) is 0. The number of nitrogens with one attached hydrogen (secondary N) is 1. The summed E-state index contributed by atoms with van der Waals surface area (Å²) >= 11 is 7.36. The second kappa shape index (κ2) is 7.58. The number of thiazole rings is 1. The first-order valence-corrected chi connectivity index (χ1v) is 9.42. The maximum atomic E-state index is 9.53. The molecule has 0 radical (unpaired) electrons. The fourth-order valence-corrected chi connectivity index (χ4v) is 3.53. The Morgan fingerprint density at radius 3 is 2.81 bits per heavy atom. The molecule has 4 nitrogen and oxygen atoms in total. The van der Waals surface area contributed by atoms with Crippen molar-refractivity contribution in [2.75, 3.05) is 5.32 Å². The van der Waals surface area contributed by atoms with Crippen molar-refractivity contribution in [3.8, 4) is 17.3 Å². The number of rotatable bonds is 4. The molecule has 2 heterocycles. The number of benzene rings is 2. The lowest BCUT2D eigenvalue weighted by Crippen LogP contribution is -1.91. The van der Waals surface area contributed by atoms with E-state index >= 15 is 0 Å². The van der Waals surface area contributed by atoms with Gasteiger partial charge in [-0.25, -0.2) is 4.98 Å². The van der Waals surface area contributed by atoms with Crippen LogP contribution >= 0.6 is 22.9 Å². The zero-order valence-electron chi connectivity index (χ0n) is 14.1. The summed E-state index contributed by atoms with van der Waals surface area (Å²) in [5.41, 5.74) is 4.09. The van der Waals surface area contributed by atoms with Gasteiger partial charge in [-0.2, -0.15) is 5.26 Å². The summed E-state index contributed by atoms with van der Waals surface area (Å²) < 4.78 is 0. The SMILES string of the molecule is N#CC(=CNc1ccc2ncccc2c1)c1nc(-c2ccc(Cl)cc2)cs1. The Morgan fingerprint density at radius 2 is 2.00 bits per heavy atom. The van der Waals surface area contributed by atoms with E-state index < -0.39 is 0 Å². The second-order valence-electron chi connectivity index (χ2n) is 5.77. The van der Waals surface area contributed by atoms with Crippen LogP contribution in [0.25, 0.3) is 27.7 Å². The van der Waals surface area contributed by atoms with Crippen LogP contribution in [0.3, 0.4) is 0 Å². The first-order valence-electron chi connectivity index (χ1n) is 8.16. The minimum absolute atomic E-state index is 0.478. The zero-order valence-corrected chi connectivity index (χ0v) is 15.6. The number of aromatic nitrogens is 2. The highest BCUT2D eigenvalue weighted by Gasteiger charge is 2.09. The molecule has 0 spiro atoms. The summed E-state index contributed by atoms with van der Waals surface area (Å²) in [6.45, 7) is 0. The summed E-state index contributed by atoms with van der Waals surface area (Å²) in [6.07, 6.45) is 3.45. The van der Waals surface area contributed by atoms with Crippen LogP contribution in [0, 0.1) is 11.3 Å². The molecule has 0 saturated carbocycles. The van der Waals surface area contributed by atoms with Crippen LogP contribution in [-0.2, 0) is 0 Å². The molecular weight excluding hydrogens is 376 g/mol. The lowest BCUT2D eigenvalue weighted by Gasteiger charge is -2.03. The Bertz CT molecular complexity index is 1170. The highest BCUT2D eigenvalue weighted by atomic mass is 35.5. The summed E-state index contributed by atoms with van der Waals surface area (Å²) in [5.74, 6) is 0. The van der Waals surface area contributed by atoms with Crippen molar-refractivity contribution in [3.63, 3.8) is 0 Å². The number of halogens is 1. The Hall–Kier alpha value is -3.20. The number of anilines is 1. The van der Waals surface area contributed by atoms with Crippen molar-refractivity contribution in [2.24, 2.45) is 0 Å². The molecule has 6 heteroatoms. The number of allylic oxidation sites excluding steroid dienone is 1. The Labute approximate surface area is 165 Å². The van der Waals surface area contributed by atoms with Gasteiger partial charge < -0.3 is 5.32 Å². The highest BCUT2D eigenvalue weighted by molar-refractivity contribution is 7.11. The second-order valence-corrected chi connectivity index (χ2v) is 7.06. The molecule has 0 aliphatic carbocycles. The fourth-order valence-electron chi connectivity index (χ4n) is 2.61. The van der Waals surface area contributed by atoms with Crippen LogP contribution in [0.5, 0.6) is 0 Å². The van der Waals surface area contributed by atoms with Gasteiger partial charge in [0.25, 0.3) is 0 Å². The summed E-state index contributed by atoms with van der Waals surface area (Å²) in [7, 11) is 0. The monoisotopic (exact) mass is 388 g/mol. The number of nitriles is 1. The Kier molecular flexibility index (Phi) is 4.84. The number of hydrogen-bond donors (Lipinski definition) is 1. The van der Waals surface area contributed by atoms with Crippen LogP contribution < -0.4 is 5.32 Å². The first-order chi connectivity index (χ1) is 13.2. The van der Waals surface area contributed by atoms with Crippen LogP contribution in [0.15, 0.2) is 72.4 Å². The molecule has 0 bridgehead atoms. The molecule has 4 aromatic rings. The van der Waals surface area contributed by atoms with E-state index in [0.29, 0.717) is 15.6 Å². The molecule has 130 valence electrons. The molecule has 2 aromatic heterocycles. The maximum absolute atomic E-state index is 9.53. The molecule has 4 rings (SSSR count). The summed E-state index contributed by atoms with van der Waals surface area (Å²) in [4.78, 5) is 8.88. The maximum Gasteiger partial charge on any atom is 0.136 e. The van der Waals surface area contributed by atoms with Crippen LogP contribution in [0.1, 0.15) is 5.01 Å². The van der Waals surface area contributed by atoms with Gasteiger partial charge in [0.2, 0.25) is 0 Å². The van der Waals surface area contributed by atoms with Crippen LogP contribution in [0.2, 0.25) is 5.02 Å².